The first kappa shape index (κ1) is 27.3. The maximum atomic E-state index is 11.6. The second-order valence-electron chi connectivity index (χ2n) is 9.88. The minimum absolute atomic E-state index is 0.0497. The molecule has 192 valence electrons. The van der Waals surface area contributed by atoms with Crippen LogP contribution in [0.3, 0.4) is 0 Å². The van der Waals surface area contributed by atoms with E-state index in [0.717, 1.165) is 44.1 Å². The van der Waals surface area contributed by atoms with Gasteiger partial charge in [-0.2, -0.15) is 0 Å². The Hall–Kier alpha value is -3.34. The van der Waals surface area contributed by atoms with Crippen LogP contribution in [0, 0.1) is 6.92 Å². The van der Waals surface area contributed by atoms with Crippen LogP contribution in [-0.4, -0.2) is 31.3 Å². The fourth-order valence-corrected chi connectivity index (χ4v) is 5.76. The molecule has 0 atom stereocenters. The Kier molecular flexibility index (Phi) is 8.78. The second kappa shape index (κ2) is 11.6. The zero-order valence-corrected chi connectivity index (χ0v) is 21.8. The van der Waals surface area contributed by atoms with Crippen LogP contribution < -0.4 is 0 Å². The van der Waals surface area contributed by atoms with E-state index in [2.05, 4.69) is 26.2 Å². The standard InChI is InChI=1S/C16H20O2.C15H18O3/c1-4-16(9-5-6-10-16)14-11-13(15(17)18-3)8-7-12(14)2;1-3-15(8-4-5-9-15)12-10-11(14(17)18-2)6-7-13(12)16/h4,7-8,11H,1,5-6,9-10H2,2-3H3;3,6-7,10,16H,1,4-5,8-9H2,2H3. The number of rotatable bonds is 6. The first-order valence-electron chi connectivity index (χ1n) is 12.6. The number of aryl methyl sites for hydroxylation is 1. The lowest BCUT2D eigenvalue weighted by Crippen LogP contribution is -2.20. The van der Waals surface area contributed by atoms with Crippen LogP contribution in [0.4, 0.5) is 0 Å². The molecule has 2 aromatic rings. The Morgan fingerprint density at radius 3 is 1.64 bits per heavy atom. The summed E-state index contributed by atoms with van der Waals surface area (Å²) in [6, 6.07) is 10.7. The zero-order valence-electron chi connectivity index (χ0n) is 21.8. The Morgan fingerprint density at radius 2 is 1.19 bits per heavy atom. The number of benzene rings is 2. The van der Waals surface area contributed by atoms with Crippen molar-refractivity contribution in [2.75, 3.05) is 14.2 Å². The van der Waals surface area contributed by atoms with Crippen molar-refractivity contribution < 1.29 is 24.2 Å². The molecule has 0 amide bonds. The van der Waals surface area contributed by atoms with Gasteiger partial charge < -0.3 is 14.6 Å². The highest BCUT2D eigenvalue weighted by molar-refractivity contribution is 5.90. The van der Waals surface area contributed by atoms with Crippen LogP contribution in [0.1, 0.15) is 88.8 Å². The van der Waals surface area contributed by atoms with Crippen LogP contribution in [0.5, 0.6) is 5.75 Å². The van der Waals surface area contributed by atoms with Gasteiger partial charge in [0.2, 0.25) is 0 Å². The van der Waals surface area contributed by atoms with Gasteiger partial charge in [-0.05, 0) is 74.1 Å². The van der Waals surface area contributed by atoms with Crippen LogP contribution in [-0.2, 0) is 20.3 Å². The maximum absolute atomic E-state index is 11.6. The summed E-state index contributed by atoms with van der Waals surface area (Å²) in [6.07, 6.45) is 12.8. The lowest BCUT2D eigenvalue weighted by molar-refractivity contribution is 0.0591. The first-order valence-corrected chi connectivity index (χ1v) is 12.6. The van der Waals surface area contributed by atoms with E-state index in [0.29, 0.717) is 11.1 Å². The van der Waals surface area contributed by atoms with E-state index in [4.69, 9.17) is 9.47 Å². The molecular formula is C31H38O5. The van der Waals surface area contributed by atoms with Gasteiger partial charge in [-0.3, -0.25) is 0 Å². The second-order valence-corrected chi connectivity index (χ2v) is 9.88. The van der Waals surface area contributed by atoms with Crippen LogP contribution in [0.15, 0.2) is 61.7 Å². The number of phenols is 1. The molecule has 2 aliphatic rings. The number of esters is 2. The van der Waals surface area contributed by atoms with Crippen LogP contribution >= 0.6 is 0 Å². The van der Waals surface area contributed by atoms with Gasteiger partial charge in [-0.15, -0.1) is 13.2 Å². The highest BCUT2D eigenvalue weighted by Gasteiger charge is 2.35. The molecule has 1 N–H and O–H groups in total. The average Bonchev–Trinajstić information content (AvgIpc) is 3.60. The predicted octanol–water partition coefficient (Wildman–Crippen LogP) is 6.96. The molecule has 2 saturated carbocycles. The highest BCUT2D eigenvalue weighted by atomic mass is 16.5. The number of methoxy groups -OCH3 is 2. The van der Waals surface area contributed by atoms with Crippen molar-refractivity contribution in [2.24, 2.45) is 0 Å². The fourth-order valence-electron chi connectivity index (χ4n) is 5.76. The van der Waals surface area contributed by atoms with E-state index in [-0.39, 0.29) is 28.5 Å². The van der Waals surface area contributed by atoms with Gasteiger partial charge in [-0.25, -0.2) is 9.59 Å². The Balaban J connectivity index is 0.000000201. The molecule has 0 spiro atoms. The summed E-state index contributed by atoms with van der Waals surface area (Å²) in [4.78, 5) is 23.2. The summed E-state index contributed by atoms with van der Waals surface area (Å²) in [5, 5.41) is 10.0. The van der Waals surface area contributed by atoms with Crippen molar-refractivity contribution in [1.29, 1.82) is 0 Å². The largest absolute Gasteiger partial charge is 0.508 e. The molecule has 0 saturated heterocycles. The van der Waals surface area contributed by atoms with Crippen LogP contribution in [0.2, 0.25) is 0 Å². The van der Waals surface area contributed by atoms with Gasteiger partial charge >= 0.3 is 11.9 Å². The Morgan fingerprint density at radius 1 is 0.778 bits per heavy atom. The molecule has 0 radical (unpaired) electrons. The topological polar surface area (TPSA) is 72.8 Å². The number of carbonyl (C=O) groups is 2. The molecule has 2 aromatic carbocycles. The molecule has 0 bridgehead atoms. The number of allylic oxidation sites excluding steroid dienone is 2. The normalized spacial score (nSPS) is 17.4. The summed E-state index contributed by atoms with van der Waals surface area (Å²) in [6.45, 7) is 10.0. The molecule has 4 rings (SSSR count). The first-order chi connectivity index (χ1) is 17.3. The zero-order chi connectivity index (χ0) is 26.3. The van der Waals surface area contributed by atoms with Gasteiger partial charge in [0.1, 0.15) is 5.75 Å². The van der Waals surface area contributed by atoms with Gasteiger partial charge in [0.05, 0.1) is 25.3 Å². The van der Waals surface area contributed by atoms with E-state index in [9.17, 15) is 14.7 Å². The summed E-state index contributed by atoms with van der Waals surface area (Å²) in [7, 11) is 2.77. The number of aromatic hydroxyl groups is 1. The lowest BCUT2D eigenvalue weighted by Gasteiger charge is -2.27. The average molecular weight is 491 g/mol. The monoisotopic (exact) mass is 490 g/mol. The Bertz CT molecular complexity index is 1030. The van der Waals surface area contributed by atoms with Crippen molar-refractivity contribution in [3.63, 3.8) is 0 Å². The molecule has 36 heavy (non-hydrogen) atoms. The van der Waals surface area contributed by atoms with E-state index in [1.165, 1.54) is 38.2 Å². The Labute approximate surface area is 214 Å². The number of hydrogen-bond donors (Lipinski definition) is 1. The minimum atomic E-state index is -0.381. The smallest absolute Gasteiger partial charge is 0.337 e. The molecule has 0 aliphatic heterocycles. The van der Waals surface area contributed by atoms with Crippen LogP contribution in [0.25, 0.3) is 0 Å². The molecule has 0 unspecified atom stereocenters. The van der Waals surface area contributed by atoms with Gasteiger partial charge in [0.25, 0.3) is 0 Å². The van der Waals surface area contributed by atoms with E-state index in [1.54, 1.807) is 18.2 Å². The van der Waals surface area contributed by atoms with Crippen molar-refractivity contribution in [3.05, 3.63) is 89.5 Å². The third-order valence-corrected chi connectivity index (χ3v) is 7.92. The molecular weight excluding hydrogens is 452 g/mol. The van der Waals surface area contributed by atoms with Crippen molar-refractivity contribution in [1.82, 2.24) is 0 Å². The van der Waals surface area contributed by atoms with Gasteiger partial charge in [-0.1, -0.05) is 43.9 Å². The molecule has 2 aliphatic carbocycles. The highest BCUT2D eigenvalue weighted by Crippen LogP contribution is 2.46. The van der Waals surface area contributed by atoms with Gasteiger partial charge in [0, 0.05) is 16.4 Å². The molecule has 5 nitrogen and oxygen atoms in total. The molecule has 5 heteroatoms. The number of hydrogen-bond acceptors (Lipinski definition) is 5. The lowest BCUT2D eigenvalue weighted by atomic mass is 9.76. The summed E-state index contributed by atoms with van der Waals surface area (Å²) < 4.78 is 9.51. The third kappa shape index (κ3) is 5.40. The summed E-state index contributed by atoms with van der Waals surface area (Å²) in [5.74, 6) is -0.425. The van der Waals surface area contributed by atoms with E-state index >= 15 is 0 Å². The predicted molar refractivity (Wildman–Crippen MR) is 143 cm³/mol. The third-order valence-electron chi connectivity index (χ3n) is 7.92. The summed E-state index contributed by atoms with van der Waals surface area (Å²) >= 11 is 0. The van der Waals surface area contributed by atoms with Crippen molar-refractivity contribution in [2.45, 2.75) is 69.1 Å². The number of ether oxygens (including phenoxy) is 2. The number of carbonyl (C=O) groups excluding carboxylic acids is 2. The molecule has 2 fully saturated rings. The van der Waals surface area contributed by atoms with Gasteiger partial charge in [0.15, 0.2) is 0 Å². The minimum Gasteiger partial charge on any atom is -0.508 e. The van der Waals surface area contributed by atoms with Crippen molar-refractivity contribution >= 4 is 11.9 Å². The van der Waals surface area contributed by atoms with E-state index < -0.39 is 0 Å². The van der Waals surface area contributed by atoms with Crippen molar-refractivity contribution in [3.8, 4) is 5.75 Å². The van der Waals surface area contributed by atoms with E-state index in [1.807, 2.05) is 24.3 Å². The number of phenolic OH excluding ortho intramolecular Hbond substituents is 1. The fraction of sp³-hybridized carbons (Fsp3) is 0.419. The molecule has 0 heterocycles. The maximum Gasteiger partial charge on any atom is 0.337 e. The quantitative estimate of drug-likeness (QED) is 0.350. The summed E-state index contributed by atoms with van der Waals surface area (Å²) in [5.41, 5.74) is 4.20. The molecule has 0 aromatic heterocycles. The SMILES string of the molecule is C=CC1(c2cc(C(=O)OC)ccc2C)CCCC1.C=CC1(c2cc(C(=O)OC)ccc2O)CCCC1.